The lowest BCUT2D eigenvalue weighted by atomic mass is 10.1. The normalized spacial score (nSPS) is 16.3. The summed E-state index contributed by atoms with van der Waals surface area (Å²) in [6.07, 6.45) is 0. The maximum Gasteiger partial charge on any atom is 0.317 e. The van der Waals surface area contributed by atoms with Gasteiger partial charge in [0.05, 0.1) is 12.1 Å². The van der Waals surface area contributed by atoms with E-state index in [4.69, 9.17) is 10.1 Å². The summed E-state index contributed by atoms with van der Waals surface area (Å²) in [5.41, 5.74) is 2.24. The molecule has 0 unspecified atom stereocenters. The topological polar surface area (TPSA) is 56.7 Å². The smallest absolute Gasteiger partial charge is 0.317 e. The van der Waals surface area contributed by atoms with Gasteiger partial charge in [0.15, 0.2) is 0 Å². The van der Waals surface area contributed by atoms with Crippen LogP contribution < -0.4 is 4.90 Å². The average Bonchev–Trinajstić information content (AvgIpc) is 2.47. The lowest BCUT2D eigenvalue weighted by Gasteiger charge is -2.34. The van der Waals surface area contributed by atoms with E-state index in [9.17, 15) is 4.79 Å². The first kappa shape index (κ1) is 13.8. The molecule has 0 aliphatic carbocycles. The molecule has 110 valence electrons. The summed E-state index contributed by atoms with van der Waals surface area (Å²) in [5, 5.41) is 9.98. The average molecular weight is 285 g/mol. The Morgan fingerprint density at radius 2 is 1.95 bits per heavy atom. The molecule has 1 aromatic carbocycles. The number of fused-ring (bicyclic) bond motifs is 1. The summed E-state index contributed by atoms with van der Waals surface area (Å²) in [5.74, 6) is 0.212. The molecule has 0 spiro atoms. The Morgan fingerprint density at radius 1 is 1.19 bits per heavy atom. The van der Waals surface area contributed by atoms with E-state index in [0.717, 1.165) is 42.9 Å². The number of aryl methyl sites for hydroxylation is 1. The Morgan fingerprint density at radius 3 is 2.67 bits per heavy atom. The first-order valence-corrected chi connectivity index (χ1v) is 7.18. The van der Waals surface area contributed by atoms with E-state index in [2.05, 4.69) is 42.2 Å². The fourth-order valence-corrected chi connectivity index (χ4v) is 2.74. The standard InChI is InChI=1S/C16H19N3O2/c1-12-2-4-14-13(10-12)3-5-15(17-14)19-8-6-18(7-9-19)11-16(20)21/h2-5,10H,6-9,11H2,1H3,(H,20,21). The number of piperazine rings is 1. The Kier molecular flexibility index (Phi) is 3.75. The SMILES string of the molecule is Cc1ccc2nc(N3CCN(CC(=O)O)CC3)ccc2c1. The number of carbonyl (C=O) groups is 1. The maximum atomic E-state index is 10.7. The van der Waals surface area contributed by atoms with Crippen molar-refractivity contribution in [3.8, 4) is 0 Å². The van der Waals surface area contributed by atoms with Crippen molar-refractivity contribution in [3.05, 3.63) is 35.9 Å². The van der Waals surface area contributed by atoms with Crippen molar-refractivity contribution in [3.63, 3.8) is 0 Å². The highest BCUT2D eigenvalue weighted by Crippen LogP contribution is 2.20. The summed E-state index contributed by atoms with van der Waals surface area (Å²) in [4.78, 5) is 19.6. The van der Waals surface area contributed by atoms with Gasteiger partial charge in [-0.25, -0.2) is 4.98 Å². The summed E-state index contributed by atoms with van der Waals surface area (Å²) >= 11 is 0. The highest BCUT2D eigenvalue weighted by atomic mass is 16.4. The number of hydrogen-bond donors (Lipinski definition) is 1. The van der Waals surface area contributed by atoms with Crippen molar-refractivity contribution < 1.29 is 9.90 Å². The highest BCUT2D eigenvalue weighted by molar-refractivity contribution is 5.81. The second-order valence-electron chi connectivity index (χ2n) is 5.52. The van der Waals surface area contributed by atoms with Crippen molar-refractivity contribution in [1.82, 2.24) is 9.88 Å². The molecule has 1 aromatic heterocycles. The van der Waals surface area contributed by atoms with Gasteiger partial charge in [-0.15, -0.1) is 0 Å². The quantitative estimate of drug-likeness (QED) is 0.931. The van der Waals surface area contributed by atoms with E-state index < -0.39 is 5.97 Å². The first-order valence-electron chi connectivity index (χ1n) is 7.18. The minimum Gasteiger partial charge on any atom is -0.480 e. The number of aromatic nitrogens is 1. The zero-order chi connectivity index (χ0) is 14.8. The molecule has 5 nitrogen and oxygen atoms in total. The van der Waals surface area contributed by atoms with Crippen LogP contribution in [0.1, 0.15) is 5.56 Å². The third-order valence-corrected chi connectivity index (χ3v) is 3.89. The molecule has 0 bridgehead atoms. The number of benzene rings is 1. The summed E-state index contributed by atoms with van der Waals surface area (Å²) < 4.78 is 0. The molecule has 0 amide bonds. The van der Waals surface area contributed by atoms with E-state index >= 15 is 0 Å². The van der Waals surface area contributed by atoms with E-state index in [1.807, 2.05) is 4.90 Å². The van der Waals surface area contributed by atoms with Crippen LogP contribution in [0.15, 0.2) is 30.3 Å². The third kappa shape index (κ3) is 3.13. The number of nitrogens with zero attached hydrogens (tertiary/aromatic N) is 3. The molecule has 0 atom stereocenters. The molecular formula is C16H19N3O2. The van der Waals surface area contributed by atoms with Gasteiger partial charge in [-0.05, 0) is 31.2 Å². The van der Waals surface area contributed by atoms with Crippen molar-refractivity contribution in [1.29, 1.82) is 0 Å². The van der Waals surface area contributed by atoms with Gasteiger partial charge < -0.3 is 10.0 Å². The van der Waals surface area contributed by atoms with Crippen LogP contribution in [0.5, 0.6) is 0 Å². The zero-order valence-corrected chi connectivity index (χ0v) is 12.1. The summed E-state index contributed by atoms with van der Waals surface area (Å²) in [6.45, 7) is 5.36. The maximum absolute atomic E-state index is 10.7. The summed E-state index contributed by atoms with van der Waals surface area (Å²) in [6, 6.07) is 10.4. The van der Waals surface area contributed by atoms with Crippen LogP contribution in [0.4, 0.5) is 5.82 Å². The van der Waals surface area contributed by atoms with E-state index in [1.165, 1.54) is 5.56 Å². The molecule has 1 aliphatic rings. The van der Waals surface area contributed by atoms with Gasteiger partial charge in [-0.3, -0.25) is 9.69 Å². The fourth-order valence-electron chi connectivity index (χ4n) is 2.74. The van der Waals surface area contributed by atoms with Crippen LogP contribution >= 0.6 is 0 Å². The molecule has 2 aromatic rings. The molecule has 1 aliphatic heterocycles. The number of carboxylic acid groups (broad SMARTS) is 1. The monoisotopic (exact) mass is 285 g/mol. The Bertz CT molecular complexity index is 664. The lowest BCUT2D eigenvalue weighted by molar-refractivity contribution is -0.138. The number of rotatable bonds is 3. The summed E-state index contributed by atoms with van der Waals surface area (Å²) in [7, 11) is 0. The van der Waals surface area contributed by atoms with Crippen LogP contribution in [0.3, 0.4) is 0 Å². The molecule has 0 radical (unpaired) electrons. The Balaban J connectivity index is 1.73. The number of pyridine rings is 1. The minimum absolute atomic E-state index is 0.123. The molecule has 1 N–H and O–H groups in total. The molecule has 3 rings (SSSR count). The van der Waals surface area contributed by atoms with Crippen LogP contribution in [-0.4, -0.2) is 53.7 Å². The molecule has 1 fully saturated rings. The Hall–Kier alpha value is -2.14. The zero-order valence-electron chi connectivity index (χ0n) is 12.1. The molecule has 2 heterocycles. The third-order valence-electron chi connectivity index (χ3n) is 3.89. The van der Waals surface area contributed by atoms with Gasteiger partial charge in [0.1, 0.15) is 5.82 Å². The van der Waals surface area contributed by atoms with Gasteiger partial charge in [-0.1, -0.05) is 11.6 Å². The number of carboxylic acids is 1. The number of aliphatic carboxylic acids is 1. The van der Waals surface area contributed by atoms with Crippen LogP contribution in [0.25, 0.3) is 10.9 Å². The molecule has 21 heavy (non-hydrogen) atoms. The van der Waals surface area contributed by atoms with Gasteiger partial charge in [0.25, 0.3) is 0 Å². The van der Waals surface area contributed by atoms with Crippen molar-refractivity contribution in [2.75, 3.05) is 37.6 Å². The van der Waals surface area contributed by atoms with E-state index in [0.29, 0.717) is 0 Å². The predicted octanol–water partition coefficient (Wildman–Crippen LogP) is 1.75. The lowest BCUT2D eigenvalue weighted by Crippen LogP contribution is -2.48. The largest absolute Gasteiger partial charge is 0.480 e. The highest BCUT2D eigenvalue weighted by Gasteiger charge is 2.19. The van der Waals surface area contributed by atoms with Crippen LogP contribution in [0, 0.1) is 6.92 Å². The van der Waals surface area contributed by atoms with Crippen molar-refractivity contribution >= 4 is 22.7 Å². The minimum atomic E-state index is -0.761. The van der Waals surface area contributed by atoms with Crippen LogP contribution in [0.2, 0.25) is 0 Å². The van der Waals surface area contributed by atoms with Crippen molar-refractivity contribution in [2.45, 2.75) is 6.92 Å². The number of anilines is 1. The molecular weight excluding hydrogens is 266 g/mol. The number of hydrogen-bond acceptors (Lipinski definition) is 4. The second kappa shape index (κ2) is 5.69. The first-order chi connectivity index (χ1) is 10.1. The van der Waals surface area contributed by atoms with E-state index in [-0.39, 0.29) is 6.54 Å². The van der Waals surface area contributed by atoms with Gasteiger partial charge >= 0.3 is 5.97 Å². The van der Waals surface area contributed by atoms with E-state index in [1.54, 1.807) is 0 Å². The van der Waals surface area contributed by atoms with Crippen molar-refractivity contribution in [2.24, 2.45) is 0 Å². The van der Waals surface area contributed by atoms with Gasteiger partial charge in [0.2, 0.25) is 0 Å². The van der Waals surface area contributed by atoms with Crippen LogP contribution in [-0.2, 0) is 4.79 Å². The molecule has 0 saturated carbocycles. The molecule has 1 saturated heterocycles. The van der Waals surface area contributed by atoms with Gasteiger partial charge in [-0.2, -0.15) is 0 Å². The second-order valence-corrected chi connectivity index (χ2v) is 5.52. The fraction of sp³-hybridized carbons (Fsp3) is 0.375. The Labute approximate surface area is 123 Å². The predicted molar refractivity (Wildman–Crippen MR) is 82.8 cm³/mol. The molecule has 5 heteroatoms. The van der Waals surface area contributed by atoms with Gasteiger partial charge in [0, 0.05) is 31.6 Å².